The Morgan fingerprint density at radius 3 is 1.93 bits per heavy atom. The Kier molecular flexibility index (Phi) is 7.02. The average Bonchev–Trinajstić information content (AvgIpc) is 2.78. The first-order valence-electron chi connectivity index (χ1n) is 9.99. The van der Waals surface area contributed by atoms with Crippen LogP contribution in [0.15, 0.2) is 91.0 Å². The standard InChI is InChI=1S/C25H29NO2Si/c1-28-25(27)24(29(2,3)22-17-11-6-12-18-22)23(21-15-9-5-10-16-21)26-19-20-13-7-4-8-14-20/h4-18,23-24,26H,19H2,1-3H3. The Balaban J connectivity index is 2.02. The highest BCUT2D eigenvalue weighted by molar-refractivity contribution is 6.93. The molecule has 0 aromatic heterocycles. The molecule has 0 aliphatic carbocycles. The Labute approximate surface area is 174 Å². The highest BCUT2D eigenvalue weighted by Crippen LogP contribution is 2.36. The summed E-state index contributed by atoms with van der Waals surface area (Å²) in [5, 5.41) is 4.93. The van der Waals surface area contributed by atoms with Gasteiger partial charge < -0.3 is 10.1 Å². The lowest BCUT2D eigenvalue weighted by Crippen LogP contribution is -2.53. The summed E-state index contributed by atoms with van der Waals surface area (Å²) in [6.45, 7) is 5.20. The molecule has 0 radical (unpaired) electrons. The highest BCUT2D eigenvalue weighted by Gasteiger charge is 2.45. The molecule has 150 valence electrons. The smallest absolute Gasteiger partial charge is 0.308 e. The van der Waals surface area contributed by atoms with Crippen LogP contribution >= 0.6 is 0 Å². The number of nitrogens with one attached hydrogen (secondary N) is 1. The van der Waals surface area contributed by atoms with Gasteiger partial charge in [0.05, 0.1) is 20.7 Å². The number of hydrogen-bond acceptors (Lipinski definition) is 3. The summed E-state index contributed by atoms with van der Waals surface area (Å²) >= 11 is 0. The third kappa shape index (κ3) is 5.02. The summed E-state index contributed by atoms with van der Waals surface area (Å²) in [6, 6.07) is 30.8. The molecule has 0 fully saturated rings. The minimum atomic E-state index is -2.21. The average molecular weight is 404 g/mol. The summed E-state index contributed by atoms with van der Waals surface area (Å²) in [4.78, 5) is 13.1. The third-order valence-electron chi connectivity index (χ3n) is 5.61. The quantitative estimate of drug-likeness (QED) is 0.438. The topological polar surface area (TPSA) is 38.3 Å². The van der Waals surface area contributed by atoms with Crippen molar-refractivity contribution in [1.29, 1.82) is 0 Å². The van der Waals surface area contributed by atoms with Gasteiger partial charge in [-0.25, -0.2) is 0 Å². The molecule has 0 heterocycles. The molecular formula is C25H29NO2Si. The maximum Gasteiger partial charge on any atom is 0.308 e. The molecule has 3 aromatic rings. The van der Waals surface area contributed by atoms with Crippen LogP contribution in [0.1, 0.15) is 17.2 Å². The second-order valence-electron chi connectivity index (χ2n) is 7.84. The molecule has 0 amide bonds. The van der Waals surface area contributed by atoms with Gasteiger partial charge in [0.2, 0.25) is 0 Å². The number of hydrogen-bond donors (Lipinski definition) is 1. The van der Waals surface area contributed by atoms with E-state index in [9.17, 15) is 4.79 Å². The van der Waals surface area contributed by atoms with Gasteiger partial charge in [0.1, 0.15) is 0 Å². The van der Waals surface area contributed by atoms with Crippen LogP contribution < -0.4 is 10.5 Å². The number of carbonyl (C=O) groups excluding carboxylic acids is 1. The summed E-state index contributed by atoms with van der Waals surface area (Å²) in [5.74, 6) is -0.153. The highest BCUT2D eigenvalue weighted by atomic mass is 28.3. The lowest BCUT2D eigenvalue weighted by molar-refractivity contribution is -0.141. The fraction of sp³-hybridized carbons (Fsp3) is 0.240. The molecule has 29 heavy (non-hydrogen) atoms. The number of carbonyl (C=O) groups is 1. The second-order valence-corrected chi connectivity index (χ2v) is 12.5. The first-order valence-corrected chi connectivity index (χ1v) is 13.1. The van der Waals surface area contributed by atoms with Crippen LogP contribution in [0.3, 0.4) is 0 Å². The molecule has 0 aliphatic heterocycles. The Bertz CT molecular complexity index is 898. The van der Waals surface area contributed by atoms with E-state index in [2.05, 4.69) is 54.8 Å². The number of ether oxygens (including phenoxy) is 1. The van der Waals surface area contributed by atoms with Crippen LogP contribution in [0.25, 0.3) is 0 Å². The molecule has 1 N–H and O–H groups in total. The van der Waals surface area contributed by atoms with Crippen molar-refractivity contribution in [3.05, 3.63) is 102 Å². The molecule has 2 atom stereocenters. The van der Waals surface area contributed by atoms with E-state index >= 15 is 0 Å². The maximum atomic E-state index is 13.1. The van der Waals surface area contributed by atoms with Gasteiger partial charge in [-0.05, 0) is 11.1 Å². The monoisotopic (exact) mass is 403 g/mol. The van der Waals surface area contributed by atoms with Gasteiger partial charge in [0, 0.05) is 12.6 Å². The van der Waals surface area contributed by atoms with E-state index in [1.807, 2.05) is 54.6 Å². The molecule has 0 bridgehead atoms. The van der Waals surface area contributed by atoms with E-state index in [4.69, 9.17) is 4.74 Å². The van der Waals surface area contributed by atoms with E-state index < -0.39 is 8.07 Å². The summed E-state index contributed by atoms with van der Waals surface area (Å²) in [7, 11) is -0.724. The van der Waals surface area contributed by atoms with Crippen molar-refractivity contribution in [3.8, 4) is 0 Å². The van der Waals surface area contributed by atoms with Crippen molar-refractivity contribution >= 4 is 19.2 Å². The molecule has 0 saturated carbocycles. The largest absolute Gasteiger partial charge is 0.469 e. The molecule has 3 rings (SSSR count). The minimum absolute atomic E-state index is 0.134. The van der Waals surface area contributed by atoms with Gasteiger partial charge in [0.15, 0.2) is 0 Å². The Hall–Kier alpha value is -2.69. The Morgan fingerprint density at radius 1 is 0.862 bits per heavy atom. The van der Waals surface area contributed by atoms with E-state index in [-0.39, 0.29) is 17.6 Å². The summed E-state index contributed by atoms with van der Waals surface area (Å²) in [5.41, 5.74) is 2.03. The third-order valence-corrected chi connectivity index (χ3v) is 9.56. The van der Waals surface area contributed by atoms with Gasteiger partial charge in [-0.15, -0.1) is 0 Å². The molecule has 0 saturated heterocycles. The van der Waals surface area contributed by atoms with E-state index in [1.54, 1.807) is 0 Å². The lowest BCUT2D eigenvalue weighted by Gasteiger charge is -2.37. The zero-order valence-electron chi connectivity index (χ0n) is 17.3. The van der Waals surface area contributed by atoms with Crippen LogP contribution in [-0.4, -0.2) is 21.2 Å². The van der Waals surface area contributed by atoms with Crippen LogP contribution in [-0.2, 0) is 16.1 Å². The van der Waals surface area contributed by atoms with Crippen LogP contribution in [0, 0.1) is 0 Å². The molecule has 2 unspecified atom stereocenters. The number of benzene rings is 3. The number of rotatable bonds is 8. The van der Waals surface area contributed by atoms with Crippen LogP contribution in [0.2, 0.25) is 18.6 Å². The summed E-state index contributed by atoms with van der Waals surface area (Å²) < 4.78 is 5.33. The normalized spacial score (nSPS) is 13.5. The van der Waals surface area contributed by atoms with Crippen molar-refractivity contribution in [2.75, 3.05) is 7.11 Å². The lowest BCUT2D eigenvalue weighted by atomic mass is 10.0. The van der Waals surface area contributed by atoms with Gasteiger partial charge in [-0.3, -0.25) is 4.79 Å². The first-order chi connectivity index (χ1) is 14.0. The minimum Gasteiger partial charge on any atom is -0.469 e. The first kappa shape index (κ1) is 21.0. The van der Waals surface area contributed by atoms with Crippen LogP contribution in [0.5, 0.6) is 0 Å². The van der Waals surface area contributed by atoms with E-state index in [0.717, 1.165) is 5.56 Å². The Morgan fingerprint density at radius 2 is 1.38 bits per heavy atom. The fourth-order valence-corrected chi connectivity index (χ4v) is 7.20. The van der Waals surface area contributed by atoms with Gasteiger partial charge in [-0.1, -0.05) is 109 Å². The second kappa shape index (κ2) is 9.68. The van der Waals surface area contributed by atoms with Gasteiger partial charge >= 0.3 is 5.97 Å². The number of methoxy groups -OCH3 is 1. The molecule has 0 aliphatic rings. The predicted molar refractivity (Wildman–Crippen MR) is 122 cm³/mol. The van der Waals surface area contributed by atoms with Crippen molar-refractivity contribution in [3.63, 3.8) is 0 Å². The molecule has 3 aromatic carbocycles. The number of esters is 1. The zero-order valence-corrected chi connectivity index (χ0v) is 18.3. The summed E-state index contributed by atoms with van der Waals surface area (Å²) in [6.07, 6.45) is 0. The van der Waals surface area contributed by atoms with Crippen LogP contribution in [0.4, 0.5) is 0 Å². The SMILES string of the molecule is COC(=O)C(C(NCc1ccccc1)c1ccccc1)[Si](C)(C)c1ccccc1. The fourth-order valence-electron chi connectivity index (χ4n) is 3.93. The molecule has 3 nitrogen and oxygen atoms in total. The van der Waals surface area contributed by atoms with Crippen molar-refractivity contribution in [2.45, 2.75) is 31.2 Å². The molecular weight excluding hydrogens is 374 g/mol. The van der Waals surface area contributed by atoms with Crippen molar-refractivity contribution < 1.29 is 9.53 Å². The predicted octanol–water partition coefficient (Wildman–Crippen LogP) is 4.68. The van der Waals surface area contributed by atoms with Crippen molar-refractivity contribution in [1.82, 2.24) is 5.32 Å². The van der Waals surface area contributed by atoms with E-state index in [1.165, 1.54) is 17.9 Å². The van der Waals surface area contributed by atoms with E-state index in [0.29, 0.717) is 6.54 Å². The molecule has 4 heteroatoms. The van der Waals surface area contributed by atoms with Gasteiger partial charge in [-0.2, -0.15) is 0 Å². The molecule has 0 spiro atoms. The maximum absolute atomic E-state index is 13.1. The van der Waals surface area contributed by atoms with Gasteiger partial charge in [0.25, 0.3) is 0 Å². The van der Waals surface area contributed by atoms with Crippen molar-refractivity contribution in [2.24, 2.45) is 0 Å². The zero-order chi connectivity index (χ0) is 20.7.